The number of rotatable bonds is 4. The minimum atomic E-state index is -0.671. The third-order valence-corrected chi connectivity index (χ3v) is 5.21. The van der Waals surface area contributed by atoms with Crippen LogP contribution >= 0.6 is 0 Å². The van der Waals surface area contributed by atoms with Gasteiger partial charge in [0.2, 0.25) is 0 Å². The van der Waals surface area contributed by atoms with E-state index >= 15 is 0 Å². The molecule has 0 bridgehead atoms. The second-order valence-corrected chi connectivity index (χ2v) is 7.20. The number of hydrogen-bond donors (Lipinski definition) is 0. The number of ether oxygens (including phenoxy) is 1. The maximum Gasteiger partial charge on any atom is 0.167 e. The Morgan fingerprint density at radius 3 is 2.55 bits per heavy atom. The highest BCUT2D eigenvalue weighted by molar-refractivity contribution is 5.59. The predicted molar refractivity (Wildman–Crippen MR) is 107 cm³/mol. The number of aryl methyl sites for hydroxylation is 1. The molecule has 1 aromatic carbocycles. The molecule has 0 aliphatic carbocycles. The fourth-order valence-electron chi connectivity index (χ4n) is 3.48. The molecule has 0 amide bonds. The molecule has 2 aromatic heterocycles. The Labute approximate surface area is 168 Å². The largest absolute Gasteiger partial charge is 0.487 e. The van der Waals surface area contributed by atoms with E-state index in [0.717, 1.165) is 54.6 Å². The van der Waals surface area contributed by atoms with E-state index in [-0.39, 0.29) is 11.9 Å². The molecule has 1 saturated heterocycles. The summed E-state index contributed by atoms with van der Waals surface area (Å²) in [4.78, 5) is 15.8. The Hall–Kier alpha value is -3.09. The van der Waals surface area contributed by atoms with E-state index in [1.165, 1.54) is 12.1 Å². The maximum absolute atomic E-state index is 13.9. The third-order valence-electron chi connectivity index (χ3n) is 5.21. The predicted octanol–water partition coefficient (Wildman–Crippen LogP) is 4.48. The van der Waals surface area contributed by atoms with Crippen molar-refractivity contribution in [1.29, 1.82) is 0 Å². The van der Waals surface area contributed by atoms with Gasteiger partial charge < -0.3 is 9.64 Å². The number of piperidine rings is 1. The van der Waals surface area contributed by atoms with Crippen LogP contribution < -0.4 is 9.64 Å². The van der Waals surface area contributed by atoms with Gasteiger partial charge in [-0.1, -0.05) is 0 Å². The third kappa shape index (κ3) is 4.18. The van der Waals surface area contributed by atoms with Crippen LogP contribution in [0.25, 0.3) is 11.4 Å². The van der Waals surface area contributed by atoms with Gasteiger partial charge in [0.25, 0.3) is 0 Å². The number of aromatic nitrogens is 3. The number of pyridine rings is 1. The van der Waals surface area contributed by atoms with Gasteiger partial charge in [-0.05, 0) is 38.1 Å². The van der Waals surface area contributed by atoms with Gasteiger partial charge in [-0.25, -0.2) is 18.7 Å². The zero-order chi connectivity index (χ0) is 20.4. The summed E-state index contributed by atoms with van der Waals surface area (Å²) in [5.41, 5.74) is 2.85. The Morgan fingerprint density at radius 2 is 1.86 bits per heavy atom. The van der Waals surface area contributed by atoms with Crippen LogP contribution in [0.3, 0.4) is 0 Å². The lowest BCUT2D eigenvalue weighted by molar-refractivity contribution is 0.163. The average Bonchev–Trinajstić information content (AvgIpc) is 2.73. The Balaban J connectivity index is 1.49. The van der Waals surface area contributed by atoms with Crippen molar-refractivity contribution in [2.24, 2.45) is 0 Å². The summed E-state index contributed by atoms with van der Waals surface area (Å²) in [6.45, 7) is 5.47. The topological polar surface area (TPSA) is 51.1 Å². The molecular formula is C22H22F2N4O. The number of anilines is 1. The second kappa shape index (κ2) is 8.11. The molecular weight excluding hydrogens is 374 g/mol. The number of benzene rings is 1. The van der Waals surface area contributed by atoms with Crippen molar-refractivity contribution in [2.45, 2.75) is 32.8 Å². The molecule has 5 nitrogen and oxygen atoms in total. The van der Waals surface area contributed by atoms with Gasteiger partial charge in [-0.15, -0.1) is 0 Å². The smallest absolute Gasteiger partial charge is 0.167 e. The van der Waals surface area contributed by atoms with E-state index in [1.807, 2.05) is 26.0 Å². The highest BCUT2D eigenvalue weighted by Gasteiger charge is 2.24. The summed E-state index contributed by atoms with van der Waals surface area (Å²) in [7, 11) is 0. The van der Waals surface area contributed by atoms with Gasteiger partial charge >= 0.3 is 0 Å². The van der Waals surface area contributed by atoms with Crippen molar-refractivity contribution in [3.05, 3.63) is 65.6 Å². The first-order valence-corrected chi connectivity index (χ1v) is 9.63. The Kier molecular flexibility index (Phi) is 5.38. The number of nitrogens with zero attached hydrogens (tertiary/aromatic N) is 4. The summed E-state index contributed by atoms with van der Waals surface area (Å²) >= 11 is 0. The summed E-state index contributed by atoms with van der Waals surface area (Å²) in [6, 6.07) is 7.20. The van der Waals surface area contributed by atoms with Gasteiger partial charge in [0.05, 0.1) is 0 Å². The molecule has 0 spiro atoms. The van der Waals surface area contributed by atoms with Gasteiger partial charge in [0.15, 0.2) is 17.4 Å². The van der Waals surface area contributed by atoms with Crippen molar-refractivity contribution < 1.29 is 13.5 Å². The van der Waals surface area contributed by atoms with Crippen LogP contribution in [0, 0.1) is 25.5 Å². The lowest BCUT2D eigenvalue weighted by Gasteiger charge is -2.34. The molecule has 0 atom stereocenters. The highest BCUT2D eigenvalue weighted by Crippen LogP contribution is 2.28. The molecule has 0 radical (unpaired) electrons. The molecule has 1 fully saturated rings. The van der Waals surface area contributed by atoms with Gasteiger partial charge in [-0.2, -0.15) is 0 Å². The first-order chi connectivity index (χ1) is 14.0. The van der Waals surface area contributed by atoms with Crippen molar-refractivity contribution in [3.63, 3.8) is 0 Å². The summed E-state index contributed by atoms with van der Waals surface area (Å²) < 4.78 is 32.7. The monoisotopic (exact) mass is 396 g/mol. The summed E-state index contributed by atoms with van der Waals surface area (Å²) in [6.07, 6.45) is 4.81. The standard InChI is InChI=1S/C22H22F2N4O/c1-14-15(2)26-21(16-4-3-9-25-13-16)27-22(14)28-10-7-18(8-11-28)29-20-6-5-17(23)12-19(20)24/h3-6,9,12-13,18H,7-8,10-11H2,1-2H3. The molecule has 3 aromatic rings. The molecule has 7 heteroatoms. The average molecular weight is 396 g/mol. The van der Waals surface area contributed by atoms with Gasteiger partial charge in [0, 0.05) is 61.2 Å². The number of halogens is 2. The van der Waals surface area contributed by atoms with Crippen molar-refractivity contribution in [3.8, 4) is 17.1 Å². The molecule has 150 valence electrons. The Morgan fingerprint density at radius 1 is 1.07 bits per heavy atom. The number of hydrogen-bond acceptors (Lipinski definition) is 5. The minimum Gasteiger partial charge on any atom is -0.487 e. The van der Waals surface area contributed by atoms with Crippen LogP contribution in [0.15, 0.2) is 42.7 Å². The molecule has 0 N–H and O–H groups in total. The van der Waals surface area contributed by atoms with E-state index in [9.17, 15) is 8.78 Å². The molecule has 1 aliphatic heterocycles. The first kappa shape index (κ1) is 19.2. The highest BCUT2D eigenvalue weighted by atomic mass is 19.1. The minimum absolute atomic E-state index is 0.0952. The lowest BCUT2D eigenvalue weighted by atomic mass is 10.1. The van der Waals surface area contributed by atoms with Gasteiger partial charge in [-0.3, -0.25) is 4.98 Å². The van der Waals surface area contributed by atoms with E-state index in [4.69, 9.17) is 9.72 Å². The van der Waals surface area contributed by atoms with Crippen molar-refractivity contribution >= 4 is 5.82 Å². The van der Waals surface area contributed by atoms with Crippen LogP contribution in [0.5, 0.6) is 5.75 Å². The van der Waals surface area contributed by atoms with Crippen LogP contribution in [0.2, 0.25) is 0 Å². The molecule has 0 saturated carbocycles. The quantitative estimate of drug-likeness (QED) is 0.651. The molecule has 29 heavy (non-hydrogen) atoms. The van der Waals surface area contributed by atoms with Gasteiger partial charge in [0.1, 0.15) is 17.7 Å². The lowest BCUT2D eigenvalue weighted by Crippen LogP contribution is -2.39. The zero-order valence-electron chi connectivity index (χ0n) is 16.4. The van der Waals surface area contributed by atoms with Crippen molar-refractivity contribution in [2.75, 3.05) is 18.0 Å². The van der Waals surface area contributed by atoms with E-state index in [2.05, 4.69) is 14.9 Å². The van der Waals surface area contributed by atoms with Crippen LogP contribution in [0.1, 0.15) is 24.1 Å². The van der Waals surface area contributed by atoms with E-state index in [0.29, 0.717) is 5.82 Å². The van der Waals surface area contributed by atoms with E-state index < -0.39 is 11.6 Å². The maximum atomic E-state index is 13.9. The second-order valence-electron chi connectivity index (χ2n) is 7.20. The van der Waals surface area contributed by atoms with E-state index in [1.54, 1.807) is 12.4 Å². The molecule has 0 unspecified atom stereocenters. The first-order valence-electron chi connectivity index (χ1n) is 9.63. The SMILES string of the molecule is Cc1nc(-c2cccnc2)nc(N2CCC(Oc3ccc(F)cc3F)CC2)c1C. The summed E-state index contributed by atoms with van der Waals surface area (Å²) in [5, 5.41) is 0. The van der Waals surface area contributed by atoms with Crippen LogP contribution in [-0.2, 0) is 0 Å². The van der Waals surface area contributed by atoms with Crippen LogP contribution in [0.4, 0.5) is 14.6 Å². The Bertz CT molecular complexity index is 1010. The molecule has 1 aliphatic rings. The van der Waals surface area contributed by atoms with Crippen LogP contribution in [-0.4, -0.2) is 34.1 Å². The fourth-order valence-corrected chi connectivity index (χ4v) is 3.48. The molecule has 4 rings (SSSR count). The molecule has 3 heterocycles. The zero-order valence-corrected chi connectivity index (χ0v) is 16.4. The normalized spacial score (nSPS) is 14.8. The fraction of sp³-hybridized carbons (Fsp3) is 0.318. The van der Waals surface area contributed by atoms with Crippen molar-refractivity contribution in [1.82, 2.24) is 15.0 Å². The summed E-state index contributed by atoms with van der Waals surface area (Å²) in [5.74, 6) is 0.378.